The zero-order valence-electron chi connectivity index (χ0n) is 14.8. The standard InChI is InChI=1S/C20H29NO/c1-15(2)10-9-11-16(3)14-18-17-12-7-8-13-19(17)22-21(18)20(4,5)6/h7-8,10,12-14,18H,9,11H2,1-6H3/b16-14+. The second kappa shape index (κ2) is 6.70. The van der Waals surface area contributed by atoms with Crippen LogP contribution in [0.1, 0.15) is 66.0 Å². The van der Waals surface area contributed by atoms with Crippen LogP contribution in [0.3, 0.4) is 0 Å². The number of allylic oxidation sites excluding steroid dienone is 3. The highest BCUT2D eigenvalue weighted by molar-refractivity contribution is 5.41. The van der Waals surface area contributed by atoms with Crippen molar-refractivity contribution in [1.29, 1.82) is 0 Å². The number of benzene rings is 1. The van der Waals surface area contributed by atoms with Crippen LogP contribution in [0, 0.1) is 0 Å². The minimum Gasteiger partial charge on any atom is -0.404 e. The van der Waals surface area contributed by atoms with Crippen LogP contribution in [0.5, 0.6) is 5.75 Å². The summed E-state index contributed by atoms with van der Waals surface area (Å²) in [5, 5.41) is 2.11. The van der Waals surface area contributed by atoms with Crippen molar-refractivity contribution in [3.8, 4) is 5.75 Å². The fourth-order valence-corrected chi connectivity index (χ4v) is 2.75. The highest BCUT2D eigenvalue weighted by Crippen LogP contribution is 2.42. The summed E-state index contributed by atoms with van der Waals surface area (Å²) < 4.78 is 0. The second-order valence-electron chi connectivity index (χ2n) is 7.40. The van der Waals surface area contributed by atoms with Gasteiger partial charge in [0.2, 0.25) is 0 Å². The van der Waals surface area contributed by atoms with E-state index >= 15 is 0 Å². The summed E-state index contributed by atoms with van der Waals surface area (Å²) in [4.78, 5) is 6.10. The molecule has 1 unspecified atom stereocenters. The molecule has 2 rings (SSSR count). The molecule has 0 aliphatic carbocycles. The third-order valence-electron chi connectivity index (χ3n) is 3.88. The summed E-state index contributed by atoms with van der Waals surface area (Å²) in [5.41, 5.74) is 4.02. The molecular weight excluding hydrogens is 270 g/mol. The first kappa shape index (κ1) is 16.8. The van der Waals surface area contributed by atoms with Crippen molar-refractivity contribution in [2.75, 3.05) is 0 Å². The molecule has 0 fully saturated rings. The summed E-state index contributed by atoms with van der Waals surface area (Å²) in [6, 6.07) is 8.55. The summed E-state index contributed by atoms with van der Waals surface area (Å²) in [6.45, 7) is 13.1. The molecule has 22 heavy (non-hydrogen) atoms. The third-order valence-corrected chi connectivity index (χ3v) is 3.88. The van der Waals surface area contributed by atoms with Crippen molar-refractivity contribution >= 4 is 0 Å². The molecule has 1 aromatic rings. The highest BCUT2D eigenvalue weighted by Gasteiger charge is 2.38. The van der Waals surface area contributed by atoms with Gasteiger partial charge in [0.1, 0.15) is 0 Å². The van der Waals surface area contributed by atoms with Crippen molar-refractivity contribution in [2.45, 2.75) is 66.0 Å². The minimum atomic E-state index is -0.0413. The molecule has 0 bridgehead atoms. The number of para-hydroxylation sites is 1. The van der Waals surface area contributed by atoms with Gasteiger partial charge < -0.3 is 4.84 Å². The van der Waals surface area contributed by atoms with Crippen LogP contribution < -0.4 is 4.84 Å². The Kier molecular flexibility index (Phi) is 5.12. The van der Waals surface area contributed by atoms with Gasteiger partial charge in [0.15, 0.2) is 5.75 Å². The third kappa shape index (κ3) is 4.01. The van der Waals surface area contributed by atoms with Crippen molar-refractivity contribution in [3.05, 3.63) is 53.1 Å². The molecule has 1 heterocycles. The van der Waals surface area contributed by atoms with Crippen molar-refractivity contribution in [3.63, 3.8) is 0 Å². The normalized spacial score (nSPS) is 18.8. The number of hydrogen-bond acceptors (Lipinski definition) is 2. The first-order chi connectivity index (χ1) is 10.3. The molecule has 0 spiro atoms. The van der Waals surface area contributed by atoms with Gasteiger partial charge in [0, 0.05) is 11.1 Å². The van der Waals surface area contributed by atoms with Crippen LogP contribution in [0.25, 0.3) is 0 Å². The monoisotopic (exact) mass is 299 g/mol. The summed E-state index contributed by atoms with van der Waals surface area (Å²) in [5.74, 6) is 0.982. The quantitative estimate of drug-likeness (QED) is 0.649. The van der Waals surface area contributed by atoms with E-state index in [9.17, 15) is 0 Å². The molecular formula is C20H29NO. The van der Waals surface area contributed by atoms with Crippen molar-refractivity contribution in [2.24, 2.45) is 0 Å². The predicted molar refractivity (Wildman–Crippen MR) is 93.8 cm³/mol. The molecule has 0 radical (unpaired) electrons. The molecule has 0 saturated carbocycles. The Labute approximate surface area is 135 Å². The van der Waals surface area contributed by atoms with E-state index in [-0.39, 0.29) is 11.6 Å². The number of nitrogens with zero attached hydrogens (tertiary/aromatic N) is 1. The van der Waals surface area contributed by atoms with Gasteiger partial charge in [-0.25, -0.2) is 0 Å². The molecule has 0 amide bonds. The van der Waals surface area contributed by atoms with Gasteiger partial charge in [-0.2, -0.15) is 0 Å². The first-order valence-corrected chi connectivity index (χ1v) is 8.16. The number of rotatable bonds is 4. The molecule has 120 valence electrons. The summed E-state index contributed by atoms with van der Waals surface area (Å²) in [7, 11) is 0. The zero-order valence-corrected chi connectivity index (χ0v) is 14.8. The van der Waals surface area contributed by atoms with Gasteiger partial charge in [-0.15, -0.1) is 5.06 Å². The first-order valence-electron chi connectivity index (χ1n) is 8.16. The minimum absolute atomic E-state index is 0.0413. The van der Waals surface area contributed by atoms with E-state index in [2.05, 4.69) is 77.0 Å². The van der Waals surface area contributed by atoms with Gasteiger partial charge >= 0.3 is 0 Å². The molecule has 2 nitrogen and oxygen atoms in total. The molecule has 0 saturated heterocycles. The average Bonchev–Trinajstić information content (AvgIpc) is 2.77. The Bertz CT molecular complexity index is 574. The molecule has 1 aliphatic rings. The number of fused-ring (bicyclic) bond motifs is 1. The Morgan fingerprint density at radius 2 is 1.86 bits per heavy atom. The van der Waals surface area contributed by atoms with Gasteiger partial charge in [0.05, 0.1) is 6.04 Å². The van der Waals surface area contributed by atoms with Crippen molar-refractivity contribution in [1.82, 2.24) is 5.06 Å². The Morgan fingerprint density at radius 3 is 2.50 bits per heavy atom. The molecule has 0 N–H and O–H groups in total. The van der Waals surface area contributed by atoms with E-state index in [1.54, 1.807) is 0 Å². The summed E-state index contributed by atoms with van der Waals surface area (Å²) in [6.07, 6.45) is 6.87. The topological polar surface area (TPSA) is 12.5 Å². The Morgan fingerprint density at radius 1 is 1.18 bits per heavy atom. The fraction of sp³-hybridized carbons (Fsp3) is 0.500. The lowest BCUT2D eigenvalue weighted by atomic mass is 9.98. The van der Waals surface area contributed by atoms with Gasteiger partial charge in [0.25, 0.3) is 0 Å². The van der Waals surface area contributed by atoms with Gasteiger partial charge in [-0.05, 0) is 60.5 Å². The van der Waals surface area contributed by atoms with Crippen LogP contribution in [0.2, 0.25) is 0 Å². The Balaban J connectivity index is 2.23. The smallest absolute Gasteiger partial charge is 0.152 e. The largest absolute Gasteiger partial charge is 0.404 e. The number of hydrogen-bond donors (Lipinski definition) is 0. The zero-order chi connectivity index (χ0) is 16.3. The number of hydroxylamine groups is 2. The molecule has 1 aromatic carbocycles. The van der Waals surface area contributed by atoms with Crippen LogP contribution in [-0.4, -0.2) is 10.6 Å². The second-order valence-corrected chi connectivity index (χ2v) is 7.40. The maximum Gasteiger partial charge on any atom is 0.152 e. The maximum atomic E-state index is 6.10. The van der Waals surface area contributed by atoms with E-state index in [1.165, 1.54) is 16.7 Å². The van der Waals surface area contributed by atoms with Crippen LogP contribution in [0.4, 0.5) is 0 Å². The van der Waals surface area contributed by atoms with Crippen LogP contribution >= 0.6 is 0 Å². The average molecular weight is 299 g/mol. The maximum absolute atomic E-state index is 6.10. The van der Waals surface area contributed by atoms with E-state index in [1.807, 2.05) is 6.07 Å². The summed E-state index contributed by atoms with van der Waals surface area (Å²) >= 11 is 0. The van der Waals surface area contributed by atoms with E-state index in [0.29, 0.717) is 0 Å². The highest BCUT2D eigenvalue weighted by atomic mass is 16.7. The molecule has 0 aromatic heterocycles. The Hall–Kier alpha value is -1.54. The predicted octanol–water partition coefficient (Wildman–Crippen LogP) is 5.83. The van der Waals surface area contributed by atoms with Crippen LogP contribution in [0.15, 0.2) is 47.6 Å². The van der Waals surface area contributed by atoms with Gasteiger partial charge in [-0.1, -0.05) is 41.5 Å². The molecule has 1 atom stereocenters. The fourth-order valence-electron chi connectivity index (χ4n) is 2.75. The van der Waals surface area contributed by atoms with Crippen LogP contribution in [-0.2, 0) is 0 Å². The van der Waals surface area contributed by atoms with Crippen molar-refractivity contribution < 1.29 is 4.84 Å². The molecule has 1 aliphatic heterocycles. The van der Waals surface area contributed by atoms with E-state index < -0.39 is 0 Å². The molecule has 2 heteroatoms. The lowest BCUT2D eigenvalue weighted by Gasteiger charge is -2.33. The van der Waals surface area contributed by atoms with E-state index in [4.69, 9.17) is 4.84 Å². The van der Waals surface area contributed by atoms with E-state index in [0.717, 1.165) is 18.6 Å². The lowest BCUT2D eigenvalue weighted by molar-refractivity contribution is -0.127. The SMILES string of the molecule is CC(C)=CCC/C(C)=C/C1c2ccccc2ON1C(C)(C)C. The van der Waals surface area contributed by atoms with Gasteiger partial charge in [-0.3, -0.25) is 0 Å². The lowest BCUT2D eigenvalue weighted by Crippen LogP contribution is -2.42.